The van der Waals surface area contributed by atoms with Gasteiger partial charge in [-0.2, -0.15) is 10.1 Å². The molecule has 0 amide bonds. The summed E-state index contributed by atoms with van der Waals surface area (Å²) in [6, 6.07) is 11.6. The van der Waals surface area contributed by atoms with Crippen molar-refractivity contribution in [1.29, 1.82) is 0 Å². The fourth-order valence-electron chi connectivity index (χ4n) is 2.55. The third kappa shape index (κ3) is 2.05. The Morgan fingerprint density at radius 3 is 2.82 bits per heavy atom. The first-order valence-corrected chi connectivity index (χ1v) is 6.91. The second-order valence-corrected chi connectivity index (χ2v) is 4.93. The Morgan fingerprint density at radius 2 is 2.09 bits per heavy atom. The second kappa shape index (κ2) is 5.07. The normalized spacial score (nSPS) is 16.6. The van der Waals surface area contributed by atoms with Gasteiger partial charge in [0.2, 0.25) is 5.95 Å². The summed E-state index contributed by atoms with van der Waals surface area (Å²) in [6.45, 7) is 0. The molecule has 0 unspecified atom stereocenters. The summed E-state index contributed by atoms with van der Waals surface area (Å²) in [5.41, 5.74) is 1.98. The van der Waals surface area contributed by atoms with Crippen molar-refractivity contribution in [1.82, 2.24) is 14.8 Å². The zero-order valence-corrected chi connectivity index (χ0v) is 11.9. The molecule has 0 saturated carbocycles. The van der Waals surface area contributed by atoms with Gasteiger partial charge in [-0.25, -0.2) is 4.68 Å². The lowest BCUT2D eigenvalue weighted by Gasteiger charge is -2.23. The lowest BCUT2D eigenvalue weighted by atomic mass is 10.0. The average Bonchev–Trinajstić information content (AvgIpc) is 3.25. The molecule has 0 fully saturated rings. The van der Waals surface area contributed by atoms with Crippen molar-refractivity contribution < 1.29 is 9.15 Å². The van der Waals surface area contributed by atoms with Crippen LogP contribution in [0.1, 0.15) is 17.4 Å². The summed E-state index contributed by atoms with van der Waals surface area (Å²) in [5, 5.41) is 7.54. The molecular formula is C16H14N4O2. The van der Waals surface area contributed by atoms with Crippen LogP contribution in [-0.4, -0.2) is 21.9 Å². The summed E-state index contributed by atoms with van der Waals surface area (Å²) in [5.74, 6) is 2.29. The minimum atomic E-state index is -0.0512. The Balaban J connectivity index is 1.78. The van der Waals surface area contributed by atoms with E-state index in [0.717, 1.165) is 22.8 Å². The molecule has 1 aliphatic rings. The number of methoxy groups -OCH3 is 1. The van der Waals surface area contributed by atoms with Gasteiger partial charge in [0.05, 0.1) is 19.1 Å². The number of furan rings is 1. The number of anilines is 1. The maximum Gasteiger partial charge on any atom is 0.226 e. The predicted octanol–water partition coefficient (Wildman–Crippen LogP) is 2.94. The lowest BCUT2D eigenvalue weighted by Crippen LogP contribution is -2.20. The van der Waals surface area contributed by atoms with Crippen LogP contribution in [0.25, 0.3) is 5.70 Å². The second-order valence-electron chi connectivity index (χ2n) is 4.93. The zero-order chi connectivity index (χ0) is 14.9. The van der Waals surface area contributed by atoms with Crippen LogP contribution in [0, 0.1) is 0 Å². The number of nitrogens with zero attached hydrogens (tertiary/aromatic N) is 3. The van der Waals surface area contributed by atoms with Gasteiger partial charge in [0.25, 0.3) is 0 Å². The number of allylic oxidation sites excluding steroid dienone is 1. The summed E-state index contributed by atoms with van der Waals surface area (Å²) in [6.07, 6.45) is 5.26. The zero-order valence-electron chi connectivity index (χ0n) is 11.9. The molecule has 1 aromatic carbocycles. The SMILES string of the molecule is COc1ccc([C@@H]2C=C(c3ccco3)Nc3ncnn32)cc1. The van der Waals surface area contributed by atoms with Gasteiger partial charge >= 0.3 is 0 Å². The molecule has 6 nitrogen and oxygen atoms in total. The maximum atomic E-state index is 5.48. The molecule has 1 N–H and O–H groups in total. The molecule has 4 rings (SSSR count). The first-order valence-electron chi connectivity index (χ1n) is 6.91. The highest BCUT2D eigenvalue weighted by Gasteiger charge is 2.24. The van der Waals surface area contributed by atoms with Crippen molar-refractivity contribution in [3.63, 3.8) is 0 Å². The minimum Gasteiger partial charge on any atom is -0.497 e. The van der Waals surface area contributed by atoms with E-state index in [1.165, 1.54) is 6.33 Å². The molecule has 1 aliphatic heterocycles. The summed E-state index contributed by atoms with van der Waals surface area (Å²) < 4.78 is 12.5. The molecule has 0 radical (unpaired) electrons. The van der Waals surface area contributed by atoms with E-state index in [-0.39, 0.29) is 6.04 Å². The van der Waals surface area contributed by atoms with Crippen LogP contribution >= 0.6 is 0 Å². The largest absolute Gasteiger partial charge is 0.497 e. The highest BCUT2D eigenvalue weighted by atomic mass is 16.5. The number of hydrogen-bond acceptors (Lipinski definition) is 5. The van der Waals surface area contributed by atoms with E-state index in [0.29, 0.717) is 5.95 Å². The molecule has 1 atom stereocenters. The molecule has 0 saturated heterocycles. The molecule has 6 heteroatoms. The number of ether oxygens (including phenoxy) is 1. The highest BCUT2D eigenvalue weighted by Crippen LogP contribution is 2.32. The molecule has 0 aliphatic carbocycles. The molecule has 0 bridgehead atoms. The Bertz CT molecular complexity index is 803. The highest BCUT2D eigenvalue weighted by molar-refractivity contribution is 5.74. The van der Waals surface area contributed by atoms with Crippen LogP contribution < -0.4 is 10.1 Å². The van der Waals surface area contributed by atoms with Crippen molar-refractivity contribution in [3.8, 4) is 5.75 Å². The van der Waals surface area contributed by atoms with Gasteiger partial charge in [-0.05, 0) is 35.9 Å². The molecule has 0 spiro atoms. The molecule has 3 heterocycles. The van der Waals surface area contributed by atoms with Crippen molar-refractivity contribution in [3.05, 3.63) is 66.4 Å². The van der Waals surface area contributed by atoms with Crippen molar-refractivity contribution in [2.75, 3.05) is 12.4 Å². The van der Waals surface area contributed by atoms with E-state index >= 15 is 0 Å². The third-order valence-corrected chi connectivity index (χ3v) is 3.65. The Labute approximate surface area is 127 Å². The van der Waals surface area contributed by atoms with E-state index in [1.54, 1.807) is 13.4 Å². The van der Waals surface area contributed by atoms with E-state index in [9.17, 15) is 0 Å². The molecule has 3 aromatic rings. The van der Waals surface area contributed by atoms with Crippen LogP contribution in [0.5, 0.6) is 5.75 Å². The topological polar surface area (TPSA) is 65.1 Å². The Morgan fingerprint density at radius 1 is 1.23 bits per heavy atom. The van der Waals surface area contributed by atoms with Crippen molar-refractivity contribution in [2.45, 2.75) is 6.04 Å². The van der Waals surface area contributed by atoms with Gasteiger partial charge in [-0.1, -0.05) is 12.1 Å². The average molecular weight is 294 g/mol. The lowest BCUT2D eigenvalue weighted by molar-refractivity contribution is 0.414. The Hall–Kier alpha value is -3.02. The van der Waals surface area contributed by atoms with Crippen molar-refractivity contribution >= 4 is 11.6 Å². The van der Waals surface area contributed by atoms with Gasteiger partial charge in [0, 0.05) is 0 Å². The van der Waals surface area contributed by atoms with Crippen LogP contribution in [-0.2, 0) is 0 Å². The smallest absolute Gasteiger partial charge is 0.226 e. The van der Waals surface area contributed by atoms with Gasteiger partial charge in [0.1, 0.15) is 23.9 Å². The molecule has 2 aromatic heterocycles. The van der Waals surface area contributed by atoms with Crippen LogP contribution in [0.2, 0.25) is 0 Å². The number of fused-ring (bicyclic) bond motifs is 1. The first-order chi connectivity index (χ1) is 10.8. The minimum absolute atomic E-state index is 0.0512. The predicted molar refractivity (Wildman–Crippen MR) is 81.5 cm³/mol. The third-order valence-electron chi connectivity index (χ3n) is 3.65. The fraction of sp³-hybridized carbons (Fsp3) is 0.125. The van der Waals surface area contributed by atoms with Gasteiger partial charge in [0.15, 0.2) is 0 Å². The van der Waals surface area contributed by atoms with Crippen LogP contribution in [0.4, 0.5) is 5.95 Å². The van der Waals surface area contributed by atoms with E-state index in [4.69, 9.17) is 9.15 Å². The van der Waals surface area contributed by atoms with Gasteiger partial charge in [-0.3, -0.25) is 0 Å². The fourth-order valence-corrected chi connectivity index (χ4v) is 2.55. The summed E-state index contributed by atoms with van der Waals surface area (Å²) in [4.78, 5) is 4.26. The van der Waals surface area contributed by atoms with E-state index in [1.807, 2.05) is 41.1 Å². The first kappa shape index (κ1) is 12.7. The van der Waals surface area contributed by atoms with Crippen LogP contribution in [0.15, 0.2) is 59.5 Å². The number of aromatic nitrogens is 3. The number of rotatable bonds is 3. The maximum absolute atomic E-state index is 5.48. The monoisotopic (exact) mass is 294 g/mol. The molecule has 110 valence electrons. The summed E-state index contributed by atoms with van der Waals surface area (Å²) in [7, 11) is 1.66. The molecular weight excluding hydrogens is 280 g/mol. The van der Waals surface area contributed by atoms with E-state index < -0.39 is 0 Å². The van der Waals surface area contributed by atoms with Crippen molar-refractivity contribution in [2.24, 2.45) is 0 Å². The quantitative estimate of drug-likeness (QED) is 0.804. The van der Waals surface area contributed by atoms with Crippen LogP contribution in [0.3, 0.4) is 0 Å². The van der Waals surface area contributed by atoms with Gasteiger partial charge in [-0.15, -0.1) is 0 Å². The van der Waals surface area contributed by atoms with E-state index in [2.05, 4.69) is 21.5 Å². The number of hydrogen-bond donors (Lipinski definition) is 1. The standard InChI is InChI=1S/C16H14N4O2/c1-21-12-6-4-11(5-7-12)14-9-13(15-3-2-8-22-15)19-16-17-10-18-20(14)16/h2-10,14H,1H3,(H,17,18,19)/t14-/m0/s1. The summed E-state index contributed by atoms with van der Waals surface area (Å²) >= 11 is 0. The number of benzene rings is 1. The molecule has 22 heavy (non-hydrogen) atoms. The van der Waals surface area contributed by atoms with Gasteiger partial charge < -0.3 is 14.5 Å². The Kier molecular flexibility index (Phi) is 2.93. The number of nitrogens with one attached hydrogen (secondary N) is 1.